The average molecular weight is 428 g/mol. The number of unbranched alkanes of at least 4 members (excludes halogenated alkanes) is 1. The molecule has 1 aliphatic heterocycles. The molecule has 2 heterocycles. The molecule has 2 aromatic rings. The Balaban J connectivity index is 1.47. The summed E-state index contributed by atoms with van der Waals surface area (Å²) in [7, 11) is 1.64. The van der Waals surface area contributed by atoms with Crippen molar-refractivity contribution in [3.05, 3.63) is 36.0 Å². The molecule has 6 heteroatoms. The van der Waals surface area contributed by atoms with Gasteiger partial charge < -0.3 is 19.7 Å². The molecule has 1 aliphatic rings. The molecule has 1 aromatic carbocycles. The smallest absolute Gasteiger partial charge is 0.220 e. The van der Waals surface area contributed by atoms with E-state index in [1.807, 2.05) is 12.3 Å². The predicted molar refractivity (Wildman–Crippen MR) is 125 cm³/mol. The van der Waals surface area contributed by atoms with Crippen molar-refractivity contribution in [3.8, 4) is 5.75 Å². The highest BCUT2D eigenvalue weighted by molar-refractivity contribution is 5.85. The van der Waals surface area contributed by atoms with Crippen LogP contribution in [0.15, 0.2) is 30.5 Å². The number of hydrogen-bond acceptors (Lipinski definition) is 5. The van der Waals surface area contributed by atoms with Gasteiger partial charge in [0.1, 0.15) is 17.4 Å². The lowest BCUT2D eigenvalue weighted by atomic mass is 10.0. The normalized spacial score (nSPS) is 15.3. The number of fused-ring (bicyclic) bond motifs is 1. The van der Waals surface area contributed by atoms with Crippen LogP contribution >= 0.6 is 0 Å². The number of aryl methyl sites for hydroxylation is 1. The number of carbonyl (C=O) groups excluding carboxylic acids is 1. The summed E-state index contributed by atoms with van der Waals surface area (Å²) in [6.07, 6.45) is 8.99. The number of nitrogens with zero attached hydrogens (tertiary/aromatic N) is 2. The molecule has 0 aliphatic carbocycles. The molecule has 6 nitrogen and oxygen atoms in total. The second kappa shape index (κ2) is 12.6. The molecule has 0 saturated carbocycles. The second-order valence-electron chi connectivity index (χ2n) is 8.38. The van der Waals surface area contributed by atoms with Gasteiger partial charge in [-0.05, 0) is 62.4 Å². The van der Waals surface area contributed by atoms with Crippen molar-refractivity contribution in [2.75, 3.05) is 39.9 Å². The van der Waals surface area contributed by atoms with E-state index in [0.717, 1.165) is 62.0 Å². The van der Waals surface area contributed by atoms with E-state index in [9.17, 15) is 4.79 Å². The van der Waals surface area contributed by atoms with Gasteiger partial charge in [-0.25, -0.2) is 0 Å². The fraction of sp³-hybridized carbons (Fsp3) is 0.600. The molecule has 1 fully saturated rings. The molecule has 1 amide bonds. The van der Waals surface area contributed by atoms with Crippen molar-refractivity contribution < 1.29 is 14.3 Å². The Kier molecular flexibility index (Phi) is 9.56. The van der Waals surface area contributed by atoms with Gasteiger partial charge in [0.25, 0.3) is 0 Å². The standard InChI is InChI=1S/C25H37N3O3/c1-3-4-7-20-18-21-8-5-12-27-25(21)23(19-20)31-22-10-15-28(16-11-22)14-6-9-24(29)26-13-17-30-2/h5,8,12,18-19,22H,3-4,6-7,9-11,13-17H2,1-2H3,(H,26,29). The van der Waals surface area contributed by atoms with E-state index in [0.29, 0.717) is 19.6 Å². The van der Waals surface area contributed by atoms with Crippen molar-refractivity contribution in [2.45, 2.75) is 58.0 Å². The van der Waals surface area contributed by atoms with Crippen LogP contribution in [0.2, 0.25) is 0 Å². The molecule has 0 radical (unpaired) electrons. The molecule has 0 unspecified atom stereocenters. The van der Waals surface area contributed by atoms with E-state index in [4.69, 9.17) is 9.47 Å². The number of likely N-dealkylation sites (tertiary alicyclic amines) is 1. The van der Waals surface area contributed by atoms with Gasteiger partial charge in [0.15, 0.2) is 0 Å². The van der Waals surface area contributed by atoms with Crippen molar-refractivity contribution in [1.29, 1.82) is 0 Å². The summed E-state index contributed by atoms with van der Waals surface area (Å²) >= 11 is 0. The Hall–Kier alpha value is -2.18. The first-order valence-electron chi connectivity index (χ1n) is 11.7. The first kappa shape index (κ1) is 23.5. The molecule has 0 spiro atoms. The minimum atomic E-state index is 0.109. The van der Waals surface area contributed by atoms with Crippen LogP contribution in [0.4, 0.5) is 0 Å². The van der Waals surface area contributed by atoms with E-state index in [2.05, 4.69) is 40.3 Å². The predicted octanol–water partition coefficient (Wildman–Crippen LogP) is 3.96. The lowest BCUT2D eigenvalue weighted by Crippen LogP contribution is -2.39. The minimum Gasteiger partial charge on any atom is -0.488 e. The number of aromatic nitrogens is 1. The van der Waals surface area contributed by atoms with Gasteiger partial charge in [-0.1, -0.05) is 19.4 Å². The zero-order chi connectivity index (χ0) is 21.9. The number of methoxy groups -OCH3 is 1. The molecule has 1 N–H and O–H groups in total. The number of piperidine rings is 1. The van der Waals surface area contributed by atoms with Crippen LogP contribution in [0.1, 0.15) is 51.0 Å². The molecule has 1 aromatic heterocycles. The fourth-order valence-electron chi connectivity index (χ4n) is 4.11. The molecule has 31 heavy (non-hydrogen) atoms. The van der Waals surface area contributed by atoms with Crippen molar-refractivity contribution in [2.24, 2.45) is 0 Å². The van der Waals surface area contributed by atoms with Gasteiger partial charge >= 0.3 is 0 Å². The Labute approximate surface area is 186 Å². The van der Waals surface area contributed by atoms with Gasteiger partial charge in [0.05, 0.1) is 6.61 Å². The largest absolute Gasteiger partial charge is 0.488 e. The summed E-state index contributed by atoms with van der Waals surface area (Å²) in [4.78, 5) is 18.8. The number of benzene rings is 1. The summed E-state index contributed by atoms with van der Waals surface area (Å²) in [6, 6.07) is 8.56. The van der Waals surface area contributed by atoms with Gasteiger partial charge in [-0.2, -0.15) is 0 Å². The highest BCUT2D eigenvalue weighted by atomic mass is 16.5. The molecular weight excluding hydrogens is 390 g/mol. The van der Waals surface area contributed by atoms with Crippen LogP contribution in [-0.2, 0) is 16.0 Å². The molecule has 0 atom stereocenters. The van der Waals surface area contributed by atoms with E-state index < -0.39 is 0 Å². The summed E-state index contributed by atoms with van der Waals surface area (Å²) < 4.78 is 11.4. The van der Waals surface area contributed by atoms with E-state index >= 15 is 0 Å². The number of carbonyl (C=O) groups is 1. The Morgan fingerprint density at radius 2 is 2.10 bits per heavy atom. The molecule has 3 rings (SSSR count). The maximum atomic E-state index is 11.8. The molecule has 0 bridgehead atoms. The monoisotopic (exact) mass is 427 g/mol. The van der Waals surface area contributed by atoms with Crippen LogP contribution in [0.3, 0.4) is 0 Å². The van der Waals surface area contributed by atoms with E-state index in [-0.39, 0.29) is 12.0 Å². The summed E-state index contributed by atoms with van der Waals surface area (Å²) in [5.74, 6) is 1.04. The van der Waals surface area contributed by atoms with Crippen LogP contribution < -0.4 is 10.1 Å². The first-order valence-corrected chi connectivity index (χ1v) is 11.7. The third-order valence-electron chi connectivity index (χ3n) is 5.88. The summed E-state index contributed by atoms with van der Waals surface area (Å²) in [5, 5.41) is 4.04. The van der Waals surface area contributed by atoms with E-state index in [1.54, 1.807) is 7.11 Å². The minimum absolute atomic E-state index is 0.109. The summed E-state index contributed by atoms with van der Waals surface area (Å²) in [6.45, 7) is 6.35. The zero-order valence-electron chi connectivity index (χ0n) is 19.1. The lowest BCUT2D eigenvalue weighted by Gasteiger charge is -2.32. The van der Waals surface area contributed by atoms with Gasteiger partial charge in [-0.15, -0.1) is 0 Å². The number of rotatable bonds is 12. The molecular formula is C25H37N3O3. The topological polar surface area (TPSA) is 63.7 Å². The van der Waals surface area contributed by atoms with Gasteiger partial charge in [0.2, 0.25) is 5.91 Å². The third kappa shape index (κ3) is 7.47. The fourth-order valence-corrected chi connectivity index (χ4v) is 4.11. The number of ether oxygens (including phenoxy) is 2. The van der Waals surface area contributed by atoms with Crippen LogP contribution in [0.5, 0.6) is 5.75 Å². The first-order chi connectivity index (χ1) is 15.2. The van der Waals surface area contributed by atoms with Crippen LogP contribution in [0, 0.1) is 0 Å². The Bertz CT molecular complexity index is 819. The van der Waals surface area contributed by atoms with Crippen LogP contribution in [-0.4, -0.2) is 61.8 Å². The Morgan fingerprint density at radius 3 is 2.87 bits per heavy atom. The van der Waals surface area contributed by atoms with Crippen molar-refractivity contribution in [1.82, 2.24) is 15.2 Å². The zero-order valence-corrected chi connectivity index (χ0v) is 19.1. The highest BCUT2D eigenvalue weighted by Crippen LogP contribution is 2.29. The van der Waals surface area contributed by atoms with Crippen molar-refractivity contribution >= 4 is 16.8 Å². The molecule has 1 saturated heterocycles. The maximum absolute atomic E-state index is 11.8. The van der Waals surface area contributed by atoms with Gasteiger partial charge in [0, 0.05) is 44.7 Å². The SMILES string of the molecule is CCCCc1cc(OC2CCN(CCCC(=O)NCCOC)CC2)c2ncccc2c1. The van der Waals surface area contributed by atoms with Crippen molar-refractivity contribution in [3.63, 3.8) is 0 Å². The number of nitrogens with one attached hydrogen (secondary N) is 1. The highest BCUT2D eigenvalue weighted by Gasteiger charge is 2.21. The van der Waals surface area contributed by atoms with Gasteiger partial charge in [-0.3, -0.25) is 9.78 Å². The van der Waals surface area contributed by atoms with Crippen LogP contribution in [0.25, 0.3) is 10.9 Å². The number of pyridine rings is 1. The Morgan fingerprint density at radius 1 is 1.26 bits per heavy atom. The average Bonchev–Trinajstić information content (AvgIpc) is 2.79. The number of amides is 1. The second-order valence-corrected chi connectivity index (χ2v) is 8.38. The number of hydrogen-bond donors (Lipinski definition) is 1. The quantitative estimate of drug-likeness (QED) is 0.520. The lowest BCUT2D eigenvalue weighted by molar-refractivity contribution is -0.121. The summed E-state index contributed by atoms with van der Waals surface area (Å²) in [5.41, 5.74) is 2.29. The maximum Gasteiger partial charge on any atom is 0.220 e. The van der Waals surface area contributed by atoms with E-state index in [1.165, 1.54) is 18.4 Å². The molecule has 170 valence electrons. The third-order valence-corrected chi connectivity index (χ3v) is 5.88.